The standard InChI is InChI=1S/C8H17NO2S/c1-4-5-6-7-9-12(10,11)8(2)3/h4-5,8-9H,6-7H2,1-3H3/b5-4+. The molecule has 0 aliphatic rings. The maximum absolute atomic E-state index is 11.2. The van der Waals surface area contributed by atoms with Gasteiger partial charge in [0.25, 0.3) is 0 Å². The van der Waals surface area contributed by atoms with Crippen molar-refractivity contribution in [1.82, 2.24) is 4.72 Å². The zero-order valence-corrected chi connectivity index (χ0v) is 8.69. The Balaban J connectivity index is 3.78. The number of sulfonamides is 1. The Kier molecular flexibility index (Phi) is 5.17. The van der Waals surface area contributed by atoms with Crippen LogP contribution in [-0.2, 0) is 10.0 Å². The first-order chi connectivity index (χ1) is 5.50. The lowest BCUT2D eigenvalue weighted by Gasteiger charge is -2.07. The molecule has 0 aromatic rings. The van der Waals surface area contributed by atoms with Gasteiger partial charge >= 0.3 is 0 Å². The van der Waals surface area contributed by atoms with Crippen LogP contribution in [0.3, 0.4) is 0 Å². The van der Waals surface area contributed by atoms with Gasteiger partial charge in [-0.3, -0.25) is 0 Å². The Morgan fingerprint density at radius 1 is 1.42 bits per heavy atom. The molecule has 0 atom stereocenters. The van der Waals surface area contributed by atoms with E-state index in [9.17, 15) is 8.42 Å². The minimum atomic E-state index is -3.06. The van der Waals surface area contributed by atoms with Gasteiger partial charge in [-0.25, -0.2) is 13.1 Å². The Morgan fingerprint density at radius 3 is 2.42 bits per heavy atom. The van der Waals surface area contributed by atoms with E-state index in [1.54, 1.807) is 13.8 Å². The molecule has 0 saturated heterocycles. The van der Waals surface area contributed by atoms with E-state index in [4.69, 9.17) is 0 Å². The van der Waals surface area contributed by atoms with Gasteiger partial charge in [0.2, 0.25) is 10.0 Å². The monoisotopic (exact) mass is 191 g/mol. The smallest absolute Gasteiger partial charge is 0.213 e. The molecule has 0 saturated carbocycles. The van der Waals surface area contributed by atoms with Crippen LogP contribution in [0, 0.1) is 0 Å². The van der Waals surface area contributed by atoms with Crippen LogP contribution >= 0.6 is 0 Å². The minimum Gasteiger partial charge on any atom is -0.215 e. The zero-order valence-electron chi connectivity index (χ0n) is 7.87. The first-order valence-corrected chi connectivity index (χ1v) is 5.65. The molecule has 0 amide bonds. The van der Waals surface area contributed by atoms with Gasteiger partial charge in [-0.05, 0) is 27.2 Å². The third-order valence-electron chi connectivity index (χ3n) is 1.47. The van der Waals surface area contributed by atoms with E-state index >= 15 is 0 Å². The average molecular weight is 191 g/mol. The lowest BCUT2D eigenvalue weighted by Crippen LogP contribution is -2.31. The molecule has 4 heteroatoms. The molecule has 72 valence electrons. The minimum absolute atomic E-state index is 0.344. The van der Waals surface area contributed by atoms with Crippen LogP contribution in [0.15, 0.2) is 12.2 Å². The Hall–Kier alpha value is -0.350. The molecule has 1 N–H and O–H groups in total. The molecule has 0 rings (SSSR count). The molecule has 0 spiro atoms. The third-order valence-corrected chi connectivity index (χ3v) is 3.32. The molecule has 0 fully saturated rings. The van der Waals surface area contributed by atoms with Gasteiger partial charge in [0.05, 0.1) is 5.25 Å². The van der Waals surface area contributed by atoms with Crippen LogP contribution < -0.4 is 4.72 Å². The second kappa shape index (κ2) is 5.32. The zero-order chi connectivity index (χ0) is 9.61. The average Bonchev–Trinajstić information content (AvgIpc) is 1.98. The van der Waals surface area contributed by atoms with E-state index in [1.807, 2.05) is 19.1 Å². The summed E-state index contributed by atoms with van der Waals surface area (Å²) in [6.07, 6.45) is 4.59. The molecular formula is C8H17NO2S. The lowest BCUT2D eigenvalue weighted by atomic mass is 10.4. The predicted molar refractivity (Wildman–Crippen MR) is 51.5 cm³/mol. The van der Waals surface area contributed by atoms with Crippen molar-refractivity contribution in [2.24, 2.45) is 0 Å². The van der Waals surface area contributed by atoms with E-state index in [-0.39, 0.29) is 5.25 Å². The maximum Gasteiger partial charge on any atom is 0.213 e. The largest absolute Gasteiger partial charge is 0.215 e. The number of nitrogens with one attached hydrogen (secondary N) is 1. The fraction of sp³-hybridized carbons (Fsp3) is 0.750. The van der Waals surface area contributed by atoms with Gasteiger partial charge in [-0.1, -0.05) is 12.2 Å². The van der Waals surface area contributed by atoms with Crippen molar-refractivity contribution in [2.45, 2.75) is 32.4 Å². The SMILES string of the molecule is C/C=C/CCNS(=O)(=O)C(C)C. The van der Waals surface area contributed by atoms with Gasteiger partial charge in [0.1, 0.15) is 0 Å². The normalized spacial score (nSPS) is 13.0. The summed E-state index contributed by atoms with van der Waals surface area (Å²) >= 11 is 0. The summed E-state index contributed by atoms with van der Waals surface area (Å²) < 4.78 is 24.8. The van der Waals surface area contributed by atoms with Crippen molar-refractivity contribution < 1.29 is 8.42 Å². The number of hydrogen-bond donors (Lipinski definition) is 1. The lowest BCUT2D eigenvalue weighted by molar-refractivity contribution is 0.573. The molecular weight excluding hydrogens is 174 g/mol. The van der Waals surface area contributed by atoms with Crippen LogP contribution in [0.25, 0.3) is 0 Å². The molecule has 0 aromatic carbocycles. The number of allylic oxidation sites excluding steroid dienone is 1. The molecule has 0 bridgehead atoms. The van der Waals surface area contributed by atoms with Gasteiger partial charge in [0.15, 0.2) is 0 Å². The summed E-state index contributed by atoms with van der Waals surface area (Å²) in [5.41, 5.74) is 0. The molecule has 0 unspecified atom stereocenters. The van der Waals surface area contributed by atoms with Crippen molar-refractivity contribution in [3.8, 4) is 0 Å². The highest BCUT2D eigenvalue weighted by atomic mass is 32.2. The quantitative estimate of drug-likeness (QED) is 0.525. The topological polar surface area (TPSA) is 46.2 Å². The molecule has 0 radical (unpaired) electrons. The molecule has 12 heavy (non-hydrogen) atoms. The highest BCUT2D eigenvalue weighted by Crippen LogP contribution is 1.95. The predicted octanol–water partition coefficient (Wildman–Crippen LogP) is 1.28. The van der Waals surface area contributed by atoms with Crippen LogP contribution in [0.2, 0.25) is 0 Å². The van der Waals surface area contributed by atoms with Crippen molar-refractivity contribution >= 4 is 10.0 Å². The van der Waals surface area contributed by atoms with E-state index in [0.717, 1.165) is 6.42 Å². The van der Waals surface area contributed by atoms with E-state index in [2.05, 4.69) is 4.72 Å². The molecule has 3 nitrogen and oxygen atoms in total. The van der Waals surface area contributed by atoms with Gasteiger partial charge < -0.3 is 0 Å². The second-order valence-electron chi connectivity index (χ2n) is 2.85. The van der Waals surface area contributed by atoms with Crippen LogP contribution in [0.5, 0.6) is 0 Å². The third kappa shape index (κ3) is 4.51. The van der Waals surface area contributed by atoms with E-state index in [1.165, 1.54) is 0 Å². The molecule has 0 aliphatic heterocycles. The van der Waals surface area contributed by atoms with Crippen molar-refractivity contribution in [1.29, 1.82) is 0 Å². The van der Waals surface area contributed by atoms with Crippen LogP contribution in [0.1, 0.15) is 27.2 Å². The Morgan fingerprint density at radius 2 is 2.00 bits per heavy atom. The van der Waals surface area contributed by atoms with Crippen LogP contribution in [-0.4, -0.2) is 20.2 Å². The summed E-state index contributed by atoms with van der Waals surface area (Å²) in [4.78, 5) is 0. The molecule has 0 heterocycles. The van der Waals surface area contributed by atoms with Crippen molar-refractivity contribution in [2.75, 3.05) is 6.54 Å². The fourth-order valence-electron chi connectivity index (χ4n) is 0.618. The van der Waals surface area contributed by atoms with E-state index < -0.39 is 10.0 Å². The Labute approximate surface area is 74.9 Å². The number of hydrogen-bond acceptors (Lipinski definition) is 2. The van der Waals surface area contributed by atoms with Crippen molar-refractivity contribution in [3.63, 3.8) is 0 Å². The van der Waals surface area contributed by atoms with Gasteiger partial charge in [-0.2, -0.15) is 0 Å². The Bertz CT molecular complexity index is 229. The maximum atomic E-state index is 11.2. The molecule has 0 aromatic heterocycles. The second-order valence-corrected chi connectivity index (χ2v) is 5.17. The first kappa shape index (κ1) is 11.6. The van der Waals surface area contributed by atoms with Crippen molar-refractivity contribution in [3.05, 3.63) is 12.2 Å². The van der Waals surface area contributed by atoms with Gasteiger partial charge in [0, 0.05) is 6.54 Å². The highest BCUT2D eigenvalue weighted by molar-refractivity contribution is 7.90. The summed E-state index contributed by atoms with van der Waals surface area (Å²) in [6, 6.07) is 0. The summed E-state index contributed by atoms with van der Waals surface area (Å²) in [7, 11) is -3.06. The summed E-state index contributed by atoms with van der Waals surface area (Å²) in [6.45, 7) is 5.73. The summed E-state index contributed by atoms with van der Waals surface area (Å²) in [5, 5.41) is -0.344. The highest BCUT2D eigenvalue weighted by Gasteiger charge is 2.13. The van der Waals surface area contributed by atoms with E-state index in [0.29, 0.717) is 6.54 Å². The summed E-state index contributed by atoms with van der Waals surface area (Å²) in [5.74, 6) is 0. The van der Waals surface area contributed by atoms with Crippen LogP contribution in [0.4, 0.5) is 0 Å². The fourth-order valence-corrected chi connectivity index (χ4v) is 1.35. The number of rotatable bonds is 5. The molecule has 0 aliphatic carbocycles. The first-order valence-electron chi connectivity index (χ1n) is 4.10. The van der Waals surface area contributed by atoms with Gasteiger partial charge in [-0.15, -0.1) is 0 Å².